The van der Waals surface area contributed by atoms with Crippen LogP contribution in [0.1, 0.15) is 42.9 Å². The normalized spacial score (nSPS) is 18.7. The molecule has 0 unspecified atom stereocenters. The van der Waals surface area contributed by atoms with Crippen molar-refractivity contribution < 1.29 is 19.4 Å². The van der Waals surface area contributed by atoms with Gasteiger partial charge in [0.15, 0.2) is 0 Å². The first-order valence-electron chi connectivity index (χ1n) is 10.6. The van der Waals surface area contributed by atoms with E-state index in [0.29, 0.717) is 25.0 Å². The van der Waals surface area contributed by atoms with Crippen LogP contribution in [0.5, 0.6) is 0 Å². The van der Waals surface area contributed by atoms with Crippen LogP contribution in [0.3, 0.4) is 0 Å². The van der Waals surface area contributed by atoms with Crippen LogP contribution >= 0.6 is 0 Å². The summed E-state index contributed by atoms with van der Waals surface area (Å²) in [5, 5.41) is 14.8. The van der Waals surface area contributed by atoms with Gasteiger partial charge in [-0.2, -0.15) is 0 Å². The predicted molar refractivity (Wildman–Crippen MR) is 115 cm³/mol. The molecule has 0 radical (unpaired) electrons. The average molecular weight is 411 g/mol. The van der Waals surface area contributed by atoms with Crippen molar-refractivity contribution in [3.63, 3.8) is 0 Å². The second-order valence-electron chi connectivity index (χ2n) is 7.90. The maximum atomic E-state index is 12.6. The van der Waals surface area contributed by atoms with E-state index in [1.807, 2.05) is 60.7 Å². The first kappa shape index (κ1) is 21.8. The first-order valence-corrected chi connectivity index (χ1v) is 10.6. The van der Waals surface area contributed by atoms with E-state index in [9.17, 15) is 9.59 Å². The van der Waals surface area contributed by atoms with Crippen LogP contribution in [0.15, 0.2) is 60.7 Å². The standard InChI is InChI=1S/C24H30N2O4/c27-22(28)17-30-16-19-13-11-18(12-14-19)15-25-24(29)26-23(20-7-3-1-4-8-20)21-9-5-2-6-10-21/h1-10,18-19,23H,11-17H2,(H,27,28)(H2,25,26,29)/t18-,19-. The molecule has 1 aliphatic rings. The summed E-state index contributed by atoms with van der Waals surface area (Å²) in [6.45, 7) is 0.916. The summed E-state index contributed by atoms with van der Waals surface area (Å²) < 4.78 is 5.22. The van der Waals surface area contributed by atoms with Crippen LogP contribution in [-0.4, -0.2) is 36.9 Å². The van der Waals surface area contributed by atoms with E-state index >= 15 is 0 Å². The van der Waals surface area contributed by atoms with E-state index in [4.69, 9.17) is 9.84 Å². The minimum Gasteiger partial charge on any atom is -0.480 e. The molecular weight excluding hydrogens is 380 g/mol. The Morgan fingerprint density at radius 3 is 1.97 bits per heavy atom. The molecule has 0 heterocycles. The Balaban J connectivity index is 1.46. The van der Waals surface area contributed by atoms with Gasteiger partial charge in [0.1, 0.15) is 6.61 Å². The number of amides is 2. The van der Waals surface area contributed by atoms with Gasteiger partial charge in [-0.3, -0.25) is 0 Å². The lowest BCUT2D eigenvalue weighted by molar-refractivity contribution is -0.142. The van der Waals surface area contributed by atoms with Crippen LogP contribution in [0.25, 0.3) is 0 Å². The number of carboxylic acids is 1. The van der Waals surface area contributed by atoms with Gasteiger partial charge in [-0.25, -0.2) is 9.59 Å². The van der Waals surface area contributed by atoms with E-state index < -0.39 is 5.97 Å². The Labute approximate surface area is 177 Å². The van der Waals surface area contributed by atoms with Gasteiger partial charge in [0.25, 0.3) is 0 Å². The van der Waals surface area contributed by atoms with Crippen molar-refractivity contribution in [2.24, 2.45) is 11.8 Å². The number of hydrogen-bond acceptors (Lipinski definition) is 3. The number of rotatable bonds is 9. The molecule has 2 aromatic carbocycles. The predicted octanol–water partition coefficient (Wildman–Crippen LogP) is 3.98. The summed E-state index contributed by atoms with van der Waals surface area (Å²) >= 11 is 0. The zero-order chi connectivity index (χ0) is 21.2. The number of carbonyl (C=O) groups is 2. The van der Waals surface area contributed by atoms with Crippen molar-refractivity contribution >= 4 is 12.0 Å². The Bertz CT molecular complexity index is 750. The van der Waals surface area contributed by atoms with Gasteiger partial charge in [-0.1, -0.05) is 60.7 Å². The number of benzene rings is 2. The van der Waals surface area contributed by atoms with E-state index in [0.717, 1.165) is 36.8 Å². The largest absolute Gasteiger partial charge is 0.480 e. The van der Waals surface area contributed by atoms with E-state index in [1.54, 1.807) is 0 Å². The van der Waals surface area contributed by atoms with Crippen molar-refractivity contribution in [2.75, 3.05) is 19.8 Å². The molecular formula is C24H30N2O4. The maximum absolute atomic E-state index is 12.6. The second kappa shape index (κ2) is 11.4. The van der Waals surface area contributed by atoms with Gasteiger partial charge in [-0.15, -0.1) is 0 Å². The third kappa shape index (κ3) is 6.88. The summed E-state index contributed by atoms with van der Waals surface area (Å²) in [7, 11) is 0. The smallest absolute Gasteiger partial charge is 0.329 e. The molecule has 2 amide bonds. The number of carboxylic acid groups (broad SMARTS) is 1. The lowest BCUT2D eigenvalue weighted by Gasteiger charge is -2.28. The fraction of sp³-hybridized carbons (Fsp3) is 0.417. The molecule has 0 spiro atoms. The molecule has 1 saturated carbocycles. The van der Waals surface area contributed by atoms with Crippen LogP contribution in [-0.2, 0) is 9.53 Å². The maximum Gasteiger partial charge on any atom is 0.329 e. The minimum absolute atomic E-state index is 0.167. The molecule has 0 aliphatic heterocycles. The number of ether oxygens (including phenoxy) is 1. The van der Waals surface area contributed by atoms with E-state index in [1.165, 1.54) is 0 Å². The molecule has 0 saturated heterocycles. The number of carbonyl (C=O) groups excluding carboxylic acids is 1. The topological polar surface area (TPSA) is 87.7 Å². The number of urea groups is 1. The molecule has 30 heavy (non-hydrogen) atoms. The number of hydrogen-bond donors (Lipinski definition) is 3. The Morgan fingerprint density at radius 1 is 0.900 bits per heavy atom. The lowest BCUT2D eigenvalue weighted by Crippen LogP contribution is -2.41. The van der Waals surface area contributed by atoms with Gasteiger partial charge in [0, 0.05) is 6.54 Å². The van der Waals surface area contributed by atoms with Gasteiger partial charge in [0.05, 0.1) is 12.6 Å². The molecule has 0 bridgehead atoms. The fourth-order valence-corrected chi connectivity index (χ4v) is 3.98. The molecule has 0 aromatic heterocycles. The lowest BCUT2D eigenvalue weighted by atomic mass is 9.82. The number of aliphatic carboxylic acids is 1. The Hall–Kier alpha value is -2.86. The van der Waals surface area contributed by atoms with Gasteiger partial charge in [-0.05, 0) is 48.6 Å². The third-order valence-electron chi connectivity index (χ3n) is 5.64. The highest BCUT2D eigenvalue weighted by molar-refractivity contribution is 5.75. The molecule has 1 aliphatic carbocycles. The van der Waals surface area contributed by atoms with Gasteiger partial charge >= 0.3 is 12.0 Å². The molecule has 6 heteroatoms. The molecule has 1 fully saturated rings. The molecule has 3 N–H and O–H groups in total. The van der Waals surface area contributed by atoms with Crippen molar-refractivity contribution in [3.05, 3.63) is 71.8 Å². The van der Waals surface area contributed by atoms with Crippen LogP contribution in [0.2, 0.25) is 0 Å². The van der Waals surface area contributed by atoms with Gasteiger partial charge < -0.3 is 20.5 Å². The highest BCUT2D eigenvalue weighted by atomic mass is 16.5. The van der Waals surface area contributed by atoms with Crippen LogP contribution in [0, 0.1) is 11.8 Å². The van der Waals surface area contributed by atoms with Crippen LogP contribution < -0.4 is 10.6 Å². The second-order valence-corrected chi connectivity index (χ2v) is 7.90. The molecule has 6 nitrogen and oxygen atoms in total. The zero-order valence-electron chi connectivity index (χ0n) is 17.1. The van der Waals surface area contributed by atoms with Crippen molar-refractivity contribution in [2.45, 2.75) is 31.7 Å². The van der Waals surface area contributed by atoms with Crippen molar-refractivity contribution in [3.8, 4) is 0 Å². The summed E-state index contributed by atoms with van der Waals surface area (Å²) in [5.74, 6) is -0.0726. The number of nitrogens with one attached hydrogen (secondary N) is 2. The highest BCUT2D eigenvalue weighted by Gasteiger charge is 2.23. The molecule has 3 rings (SSSR count). The summed E-state index contributed by atoms with van der Waals surface area (Å²) in [6, 6.07) is 19.5. The van der Waals surface area contributed by atoms with E-state index in [2.05, 4.69) is 10.6 Å². The van der Waals surface area contributed by atoms with E-state index in [-0.39, 0.29) is 18.7 Å². The highest BCUT2D eigenvalue weighted by Crippen LogP contribution is 2.28. The molecule has 2 aromatic rings. The summed E-state index contributed by atoms with van der Waals surface area (Å²) in [6.07, 6.45) is 4.04. The Morgan fingerprint density at radius 2 is 1.43 bits per heavy atom. The molecule has 0 atom stereocenters. The first-order chi connectivity index (χ1) is 14.6. The van der Waals surface area contributed by atoms with Crippen molar-refractivity contribution in [1.82, 2.24) is 10.6 Å². The SMILES string of the molecule is O=C(O)COC[C@H]1CC[C@H](CNC(=O)NC(c2ccccc2)c2ccccc2)CC1. The summed E-state index contributed by atoms with van der Waals surface area (Å²) in [4.78, 5) is 23.1. The monoisotopic (exact) mass is 410 g/mol. The summed E-state index contributed by atoms with van der Waals surface area (Å²) in [5.41, 5.74) is 2.08. The quantitative estimate of drug-likeness (QED) is 0.583. The van der Waals surface area contributed by atoms with Crippen molar-refractivity contribution in [1.29, 1.82) is 0 Å². The average Bonchev–Trinajstić information content (AvgIpc) is 2.78. The Kier molecular flexibility index (Phi) is 8.27. The minimum atomic E-state index is -0.928. The van der Waals surface area contributed by atoms with Gasteiger partial charge in [0.2, 0.25) is 0 Å². The fourth-order valence-electron chi connectivity index (χ4n) is 3.98. The van der Waals surface area contributed by atoms with Crippen LogP contribution in [0.4, 0.5) is 4.79 Å². The molecule has 160 valence electrons. The third-order valence-corrected chi connectivity index (χ3v) is 5.64. The zero-order valence-corrected chi connectivity index (χ0v) is 17.1.